The SMILES string of the molecule is CN(C)C(=N)c1n[nH]nc1Sc1ccc([N+](=O)[O-])cc1[N+](=O)[O-].Cl. The van der Waals surface area contributed by atoms with Crippen molar-refractivity contribution in [2.24, 2.45) is 0 Å². The highest BCUT2D eigenvalue weighted by Crippen LogP contribution is 2.37. The number of H-pyrrole nitrogens is 1. The van der Waals surface area contributed by atoms with Crippen LogP contribution in [-0.4, -0.2) is 50.1 Å². The molecule has 0 fully saturated rings. The first-order chi connectivity index (χ1) is 10.8. The summed E-state index contributed by atoms with van der Waals surface area (Å²) in [5.41, 5.74) is -0.551. The molecule has 128 valence electrons. The van der Waals surface area contributed by atoms with Crippen molar-refractivity contribution in [1.29, 1.82) is 5.41 Å². The summed E-state index contributed by atoms with van der Waals surface area (Å²) < 4.78 is 0. The second-order valence-electron chi connectivity index (χ2n) is 4.49. The van der Waals surface area contributed by atoms with Gasteiger partial charge in [-0.25, -0.2) is 0 Å². The van der Waals surface area contributed by atoms with E-state index in [9.17, 15) is 20.2 Å². The van der Waals surface area contributed by atoms with Crippen molar-refractivity contribution in [3.8, 4) is 0 Å². The molecule has 1 aromatic carbocycles. The van der Waals surface area contributed by atoms with Crippen LogP contribution in [0.15, 0.2) is 28.1 Å². The Kier molecular flexibility index (Phi) is 6.20. The van der Waals surface area contributed by atoms with Gasteiger partial charge in [0, 0.05) is 20.2 Å². The third kappa shape index (κ3) is 3.97. The summed E-state index contributed by atoms with van der Waals surface area (Å²) in [5.74, 6) is 0.0748. The summed E-state index contributed by atoms with van der Waals surface area (Å²) >= 11 is 0.905. The second-order valence-corrected chi connectivity index (χ2v) is 5.52. The van der Waals surface area contributed by atoms with E-state index in [-0.39, 0.29) is 39.5 Å². The molecule has 0 saturated carbocycles. The second kappa shape index (κ2) is 7.70. The summed E-state index contributed by atoms with van der Waals surface area (Å²) in [6.45, 7) is 0. The van der Waals surface area contributed by atoms with Crippen molar-refractivity contribution in [3.05, 3.63) is 44.1 Å². The van der Waals surface area contributed by atoms with Crippen molar-refractivity contribution >= 4 is 41.4 Å². The average molecular weight is 374 g/mol. The van der Waals surface area contributed by atoms with Crippen LogP contribution in [0, 0.1) is 25.6 Å². The van der Waals surface area contributed by atoms with E-state index in [1.807, 2.05) is 0 Å². The van der Waals surface area contributed by atoms with Crippen LogP contribution in [0.5, 0.6) is 0 Å². The normalized spacial score (nSPS) is 9.92. The van der Waals surface area contributed by atoms with E-state index < -0.39 is 15.5 Å². The van der Waals surface area contributed by atoms with Crippen molar-refractivity contribution in [2.75, 3.05) is 14.1 Å². The van der Waals surface area contributed by atoms with Gasteiger partial charge in [-0.2, -0.15) is 10.3 Å². The van der Waals surface area contributed by atoms with Crippen LogP contribution >= 0.6 is 24.2 Å². The van der Waals surface area contributed by atoms with Gasteiger partial charge in [0.2, 0.25) is 0 Å². The number of benzene rings is 1. The number of hydrogen-bond donors (Lipinski definition) is 2. The van der Waals surface area contributed by atoms with E-state index in [1.54, 1.807) is 14.1 Å². The van der Waals surface area contributed by atoms with E-state index in [0.717, 1.165) is 17.8 Å². The van der Waals surface area contributed by atoms with Gasteiger partial charge < -0.3 is 4.90 Å². The van der Waals surface area contributed by atoms with Crippen LogP contribution in [0.4, 0.5) is 11.4 Å². The molecular weight excluding hydrogens is 362 g/mol. The molecule has 1 aromatic heterocycles. The van der Waals surface area contributed by atoms with Crippen LogP contribution < -0.4 is 0 Å². The number of nitrogens with one attached hydrogen (secondary N) is 2. The van der Waals surface area contributed by atoms with Crippen molar-refractivity contribution in [2.45, 2.75) is 9.92 Å². The molecular formula is C11H12ClN7O4S. The zero-order chi connectivity index (χ0) is 17.1. The summed E-state index contributed by atoms with van der Waals surface area (Å²) in [6, 6.07) is 3.34. The van der Waals surface area contributed by atoms with E-state index in [1.165, 1.54) is 17.0 Å². The molecule has 11 nitrogen and oxygen atoms in total. The van der Waals surface area contributed by atoms with Gasteiger partial charge in [0.15, 0.2) is 16.6 Å². The highest BCUT2D eigenvalue weighted by atomic mass is 35.5. The first-order valence-electron chi connectivity index (χ1n) is 6.09. The van der Waals surface area contributed by atoms with E-state index >= 15 is 0 Å². The van der Waals surface area contributed by atoms with E-state index in [4.69, 9.17) is 5.41 Å². The number of nitrogens with zero attached hydrogens (tertiary/aromatic N) is 5. The molecule has 0 spiro atoms. The van der Waals surface area contributed by atoms with Gasteiger partial charge in [0.25, 0.3) is 11.4 Å². The predicted molar refractivity (Wildman–Crippen MR) is 88.0 cm³/mol. The molecule has 0 aliphatic carbocycles. The molecule has 0 unspecified atom stereocenters. The number of nitro benzene ring substituents is 2. The molecule has 0 radical (unpaired) electrons. The molecule has 2 N–H and O–H groups in total. The molecule has 0 atom stereocenters. The van der Waals surface area contributed by atoms with Crippen LogP contribution in [0.2, 0.25) is 0 Å². The summed E-state index contributed by atoms with van der Waals surface area (Å²) in [4.78, 5) is 22.1. The molecule has 13 heteroatoms. The third-order valence-electron chi connectivity index (χ3n) is 2.74. The first kappa shape index (κ1) is 19.3. The molecule has 0 amide bonds. The van der Waals surface area contributed by atoms with Crippen LogP contribution in [0.3, 0.4) is 0 Å². The number of non-ortho nitro benzene ring substituents is 1. The topological polar surface area (TPSA) is 155 Å². The summed E-state index contributed by atoms with van der Waals surface area (Å²) in [7, 11) is 3.31. The molecule has 1 heterocycles. The maximum atomic E-state index is 11.1. The molecule has 2 rings (SSSR count). The average Bonchev–Trinajstić information content (AvgIpc) is 2.94. The number of aromatic nitrogens is 3. The minimum atomic E-state index is -0.704. The van der Waals surface area contributed by atoms with Crippen LogP contribution in [0.25, 0.3) is 0 Å². The van der Waals surface area contributed by atoms with Gasteiger partial charge >= 0.3 is 0 Å². The number of nitro groups is 2. The fourth-order valence-corrected chi connectivity index (χ4v) is 2.52. The lowest BCUT2D eigenvalue weighted by molar-refractivity contribution is -0.396. The predicted octanol–water partition coefficient (Wildman–Crippen LogP) is 2.08. The molecule has 0 bridgehead atoms. The summed E-state index contributed by atoms with van der Waals surface area (Å²) in [5, 5.41) is 40.1. The lowest BCUT2D eigenvalue weighted by Crippen LogP contribution is -2.22. The van der Waals surface area contributed by atoms with Gasteiger partial charge in [-0.1, -0.05) is 11.8 Å². The molecule has 24 heavy (non-hydrogen) atoms. The van der Waals surface area contributed by atoms with Gasteiger partial charge in [-0.15, -0.1) is 17.5 Å². The quantitative estimate of drug-likeness (QED) is 0.349. The van der Waals surface area contributed by atoms with E-state index in [2.05, 4.69) is 15.4 Å². The van der Waals surface area contributed by atoms with Gasteiger partial charge in [0.1, 0.15) is 0 Å². The summed E-state index contributed by atoms with van der Waals surface area (Å²) in [6.07, 6.45) is 0. The van der Waals surface area contributed by atoms with Crippen molar-refractivity contribution < 1.29 is 9.85 Å². The lowest BCUT2D eigenvalue weighted by Gasteiger charge is -2.11. The minimum Gasteiger partial charge on any atom is -0.361 e. The Hall–Kier alpha value is -2.73. The minimum absolute atomic E-state index is 0. The maximum absolute atomic E-state index is 11.1. The number of hydrogen-bond acceptors (Lipinski definition) is 8. The molecule has 0 aliphatic rings. The smallest absolute Gasteiger partial charge is 0.290 e. The Bertz CT molecular complexity index is 794. The van der Waals surface area contributed by atoms with E-state index in [0.29, 0.717) is 0 Å². The Morgan fingerprint density at radius 1 is 1.25 bits per heavy atom. The van der Waals surface area contributed by atoms with Crippen molar-refractivity contribution in [1.82, 2.24) is 20.3 Å². The Morgan fingerprint density at radius 2 is 1.92 bits per heavy atom. The first-order valence-corrected chi connectivity index (χ1v) is 6.90. The lowest BCUT2D eigenvalue weighted by atomic mass is 10.3. The van der Waals surface area contributed by atoms with Gasteiger partial charge in [-0.3, -0.25) is 25.6 Å². The maximum Gasteiger partial charge on any atom is 0.290 e. The number of rotatable bonds is 5. The van der Waals surface area contributed by atoms with Gasteiger partial charge in [-0.05, 0) is 6.07 Å². The third-order valence-corrected chi connectivity index (χ3v) is 3.79. The molecule has 0 saturated heterocycles. The fourth-order valence-electron chi connectivity index (χ4n) is 1.61. The zero-order valence-electron chi connectivity index (χ0n) is 12.4. The molecule has 2 aromatic rings. The zero-order valence-corrected chi connectivity index (χ0v) is 14.1. The number of halogens is 1. The largest absolute Gasteiger partial charge is 0.361 e. The van der Waals surface area contributed by atoms with Gasteiger partial charge in [0.05, 0.1) is 20.8 Å². The monoisotopic (exact) mass is 373 g/mol. The standard InChI is InChI=1S/C11H11N7O4S.ClH/c1-16(2)10(12)9-11(14-15-13-9)23-8-4-3-6(17(19)20)5-7(8)18(21)22;/h3-5,12H,1-2H3,(H,13,14,15);1H. The highest BCUT2D eigenvalue weighted by Gasteiger charge is 2.23. The number of aromatic amines is 1. The Morgan fingerprint density at radius 3 is 2.46 bits per heavy atom. The Balaban J connectivity index is 0.00000288. The van der Waals surface area contributed by atoms with Crippen LogP contribution in [-0.2, 0) is 0 Å². The number of amidine groups is 1. The highest BCUT2D eigenvalue weighted by molar-refractivity contribution is 7.99. The fraction of sp³-hybridized carbons (Fsp3) is 0.182. The van der Waals surface area contributed by atoms with Crippen molar-refractivity contribution in [3.63, 3.8) is 0 Å². The molecule has 0 aliphatic heterocycles. The van der Waals surface area contributed by atoms with Crippen LogP contribution in [0.1, 0.15) is 5.69 Å². The Labute approximate surface area is 145 Å².